The Morgan fingerprint density at radius 3 is 2.00 bits per heavy atom. The van der Waals surface area contributed by atoms with Gasteiger partial charge in [0.15, 0.2) is 5.43 Å². The van der Waals surface area contributed by atoms with Crippen molar-refractivity contribution in [3.63, 3.8) is 0 Å². The number of rotatable bonds is 3. The van der Waals surface area contributed by atoms with E-state index in [-0.39, 0.29) is 17.9 Å². The molecule has 0 radical (unpaired) electrons. The van der Waals surface area contributed by atoms with E-state index in [0.29, 0.717) is 10.8 Å². The summed E-state index contributed by atoms with van der Waals surface area (Å²) < 4.78 is 1.90. The van der Waals surface area contributed by atoms with E-state index < -0.39 is 0 Å². The number of pyridine rings is 1. The summed E-state index contributed by atoms with van der Waals surface area (Å²) in [6.45, 7) is 2.09. The number of nitrogens with one attached hydrogen (secondary N) is 1. The predicted molar refractivity (Wildman–Crippen MR) is 106 cm³/mol. The monoisotopic (exact) mass is 342 g/mol. The largest absolute Gasteiger partial charge is 0.331 e. The minimum atomic E-state index is -0.127. The van der Waals surface area contributed by atoms with Crippen LogP contribution in [0, 0.1) is 6.92 Å². The number of anilines is 1. The summed E-state index contributed by atoms with van der Waals surface area (Å²) in [5.41, 5.74) is 3.32. The van der Waals surface area contributed by atoms with Crippen LogP contribution in [0.5, 0.6) is 0 Å². The van der Waals surface area contributed by atoms with E-state index in [0.717, 1.165) is 22.3 Å². The lowest BCUT2D eigenvalue weighted by Crippen LogP contribution is -2.21. The highest BCUT2D eigenvalue weighted by molar-refractivity contribution is 5.97. The lowest BCUT2D eigenvalue weighted by molar-refractivity contribution is -0.116. The van der Waals surface area contributed by atoms with Crippen LogP contribution in [-0.4, -0.2) is 10.5 Å². The Kier molecular flexibility index (Phi) is 4.01. The Hall–Kier alpha value is -3.40. The van der Waals surface area contributed by atoms with Gasteiger partial charge in [-0.2, -0.15) is 0 Å². The molecular weight excluding hydrogens is 324 g/mol. The van der Waals surface area contributed by atoms with Gasteiger partial charge < -0.3 is 9.88 Å². The lowest BCUT2D eigenvalue weighted by atomic mass is 10.1. The first-order valence-corrected chi connectivity index (χ1v) is 8.51. The zero-order chi connectivity index (χ0) is 18.1. The highest BCUT2D eigenvalue weighted by atomic mass is 16.2. The van der Waals surface area contributed by atoms with Crippen LogP contribution >= 0.6 is 0 Å². The molecule has 1 heterocycles. The maximum atomic E-state index is 12.7. The van der Waals surface area contributed by atoms with Gasteiger partial charge in [-0.05, 0) is 42.8 Å². The average molecular weight is 342 g/mol. The molecule has 0 spiro atoms. The summed E-state index contributed by atoms with van der Waals surface area (Å²) in [4.78, 5) is 25.4. The van der Waals surface area contributed by atoms with Gasteiger partial charge in [0.25, 0.3) is 0 Å². The molecule has 4 heteroatoms. The Bertz CT molecular complexity index is 1130. The van der Waals surface area contributed by atoms with Gasteiger partial charge in [-0.25, -0.2) is 0 Å². The summed E-state index contributed by atoms with van der Waals surface area (Å²) in [7, 11) is 0. The number of hydrogen-bond acceptors (Lipinski definition) is 2. The molecule has 4 nitrogen and oxygen atoms in total. The van der Waals surface area contributed by atoms with Crippen LogP contribution < -0.4 is 10.7 Å². The quantitative estimate of drug-likeness (QED) is 0.570. The van der Waals surface area contributed by atoms with E-state index in [4.69, 9.17) is 0 Å². The fourth-order valence-electron chi connectivity index (χ4n) is 3.29. The summed E-state index contributed by atoms with van der Waals surface area (Å²) in [6.07, 6.45) is 0. The number of nitrogens with zero attached hydrogens (tertiary/aromatic N) is 1. The van der Waals surface area contributed by atoms with Gasteiger partial charge >= 0.3 is 0 Å². The van der Waals surface area contributed by atoms with Crippen molar-refractivity contribution in [3.8, 4) is 0 Å². The standard InChI is InChI=1S/C22H18N2O2/c1-15-8-2-5-11-18(15)23-21(25)14-24-19-12-6-3-9-16(19)22(26)17-10-4-7-13-20(17)24/h2-13H,14H2,1H3,(H,23,25). The molecule has 128 valence electrons. The van der Waals surface area contributed by atoms with Gasteiger partial charge in [0.2, 0.25) is 5.91 Å². The molecule has 0 unspecified atom stereocenters. The molecule has 1 N–H and O–H groups in total. The molecule has 0 saturated heterocycles. The summed E-state index contributed by atoms with van der Waals surface area (Å²) in [5, 5.41) is 4.21. The van der Waals surface area contributed by atoms with Crippen LogP contribution in [0.2, 0.25) is 0 Å². The maximum absolute atomic E-state index is 12.7. The van der Waals surface area contributed by atoms with Crippen molar-refractivity contribution in [2.45, 2.75) is 13.5 Å². The van der Waals surface area contributed by atoms with Crippen molar-refractivity contribution in [2.75, 3.05) is 5.32 Å². The van der Waals surface area contributed by atoms with Gasteiger partial charge in [0.1, 0.15) is 6.54 Å². The van der Waals surface area contributed by atoms with Crippen LogP contribution in [0.25, 0.3) is 21.8 Å². The van der Waals surface area contributed by atoms with E-state index in [1.54, 1.807) is 12.1 Å². The van der Waals surface area contributed by atoms with Crippen molar-refractivity contribution in [2.24, 2.45) is 0 Å². The Labute approximate surface area is 150 Å². The van der Waals surface area contributed by atoms with E-state index >= 15 is 0 Å². The van der Waals surface area contributed by atoms with E-state index in [9.17, 15) is 9.59 Å². The van der Waals surface area contributed by atoms with Gasteiger partial charge in [-0.1, -0.05) is 42.5 Å². The van der Waals surface area contributed by atoms with Gasteiger partial charge in [0.05, 0.1) is 11.0 Å². The third-order valence-electron chi connectivity index (χ3n) is 4.60. The van der Waals surface area contributed by atoms with Crippen molar-refractivity contribution in [3.05, 3.63) is 88.6 Å². The average Bonchev–Trinajstić information content (AvgIpc) is 2.67. The molecular formula is C22H18N2O2. The smallest absolute Gasteiger partial charge is 0.244 e. The van der Waals surface area contributed by atoms with Gasteiger partial charge in [-0.15, -0.1) is 0 Å². The minimum Gasteiger partial charge on any atom is -0.331 e. The normalized spacial score (nSPS) is 11.0. The Morgan fingerprint density at radius 1 is 0.846 bits per heavy atom. The van der Waals surface area contributed by atoms with E-state index in [1.165, 1.54) is 0 Å². The summed E-state index contributed by atoms with van der Waals surface area (Å²) in [6, 6.07) is 22.5. The van der Waals surface area contributed by atoms with Crippen molar-refractivity contribution < 1.29 is 4.79 Å². The van der Waals surface area contributed by atoms with Gasteiger partial charge in [0, 0.05) is 16.5 Å². The molecule has 0 bridgehead atoms. The Morgan fingerprint density at radius 2 is 1.38 bits per heavy atom. The fourth-order valence-corrected chi connectivity index (χ4v) is 3.29. The molecule has 0 atom stereocenters. The van der Waals surface area contributed by atoms with Crippen molar-refractivity contribution in [1.29, 1.82) is 0 Å². The maximum Gasteiger partial charge on any atom is 0.244 e. The molecule has 3 aromatic carbocycles. The topological polar surface area (TPSA) is 51.1 Å². The first-order valence-electron chi connectivity index (χ1n) is 8.51. The predicted octanol–water partition coefficient (Wildman–Crippen LogP) is 4.10. The summed E-state index contributed by atoms with van der Waals surface area (Å²) >= 11 is 0. The molecule has 4 rings (SSSR count). The number of hydrogen-bond donors (Lipinski definition) is 1. The number of para-hydroxylation sites is 3. The highest BCUT2D eigenvalue weighted by Crippen LogP contribution is 2.20. The minimum absolute atomic E-state index is 0.00763. The zero-order valence-electron chi connectivity index (χ0n) is 14.4. The van der Waals surface area contributed by atoms with Crippen LogP contribution in [0.4, 0.5) is 5.69 Å². The molecule has 0 aliphatic rings. The fraction of sp³-hybridized carbons (Fsp3) is 0.0909. The second-order valence-corrected chi connectivity index (χ2v) is 6.31. The molecule has 0 saturated carbocycles. The third-order valence-corrected chi connectivity index (χ3v) is 4.60. The molecule has 0 aliphatic carbocycles. The number of carbonyl (C=O) groups is 1. The molecule has 4 aromatic rings. The third kappa shape index (κ3) is 2.75. The van der Waals surface area contributed by atoms with E-state index in [1.807, 2.05) is 72.2 Å². The second kappa shape index (κ2) is 6.48. The first-order chi connectivity index (χ1) is 12.6. The first kappa shape index (κ1) is 16.1. The van der Waals surface area contributed by atoms with Crippen LogP contribution in [0.15, 0.2) is 77.6 Å². The van der Waals surface area contributed by atoms with Crippen molar-refractivity contribution >= 4 is 33.4 Å². The SMILES string of the molecule is Cc1ccccc1NC(=O)Cn1c2ccccc2c(=O)c2ccccc21. The van der Waals surface area contributed by atoms with Crippen molar-refractivity contribution in [1.82, 2.24) is 4.57 Å². The molecule has 26 heavy (non-hydrogen) atoms. The number of benzene rings is 3. The number of aryl methyl sites for hydroxylation is 1. The molecule has 0 aliphatic heterocycles. The number of fused-ring (bicyclic) bond motifs is 2. The zero-order valence-corrected chi connectivity index (χ0v) is 14.4. The molecule has 0 fully saturated rings. The molecule has 1 amide bonds. The number of amides is 1. The van der Waals surface area contributed by atoms with Crippen LogP contribution in [-0.2, 0) is 11.3 Å². The summed E-state index contributed by atoms with van der Waals surface area (Å²) in [5.74, 6) is -0.127. The van der Waals surface area contributed by atoms with E-state index in [2.05, 4.69) is 5.32 Å². The number of carbonyl (C=O) groups excluding carboxylic acids is 1. The number of aromatic nitrogens is 1. The Balaban J connectivity index is 1.82. The van der Waals surface area contributed by atoms with Gasteiger partial charge in [-0.3, -0.25) is 9.59 Å². The second-order valence-electron chi connectivity index (χ2n) is 6.31. The molecule has 1 aromatic heterocycles. The van der Waals surface area contributed by atoms with Crippen LogP contribution in [0.3, 0.4) is 0 Å². The lowest BCUT2D eigenvalue weighted by Gasteiger charge is -2.15. The highest BCUT2D eigenvalue weighted by Gasteiger charge is 2.13. The van der Waals surface area contributed by atoms with Crippen LogP contribution in [0.1, 0.15) is 5.56 Å².